The number of thiocarbonyl (C=S) groups is 1. The predicted molar refractivity (Wildman–Crippen MR) is 105 cm³/mol. The summed E-state index contributed by atoms with van der Waals surface area (Å²) < 4.78 is 15.5. The third-order valence-electron chi connectivity index (χ3n) is 3.50. The fourth-order valence-corrected chi connectivity index (χ4v) is 2.40. The van der Waals surface area contributed by atoms with E-state index in [1.807, 2.05) is 48.5 Å². The number of benzene rings is 2. The molecule has 0 aliphatic rings. The van der Waals surface area contributed by atoms with Crippen LogP contribution in [-0.4, -0.2) is 38.5 Å². The molecule has 0 spiro atoms. The second-order valence-corrected chi connectivity index (χ2v) is 5.74. The lowest BCUT2D eigenvalue weighted by atomic mass is 10.1. The van der Waals surface area contributed by atoms with Crippen molar-refractivity contribution >= 4 is 29.0 Å². The molecule has 0 saturated heterocycles. The van der Waals surface area contributed by atoms with E-state index in [0.717, 1.165) is 11.3 Å². The monoisotopic (exact) mass is 374 g/mol. The van der Waals surface area contributed by atoms with Crippen molar-refractivity contribution in [1.82, 2.24) is 5.32 Å². The van der Waals surface area contributed by atoms with E-state index in [2.05, 4.69) is 15.4 Å². The molecule has 0 bridgehead atoms. The summed E-state index contributed by atoms with van der Waals surface area (Å²) in [7, 11) is 2.98. The van der Waals surface area contributed by atoms with Gasteiger partial charge in [-0.2, -0.15) is 0 Å². The fraction of sp³-hybridized carbons (Fsp3) is 0.263. The first kappa shape index (κ1) is 19.5. The number of carbonyl (C=O) groups excluding carboxylic acids is 1. The lowest BCUT2D eigenvalue weighted by Crippen LogP contribution is -2.31. The Bertz CT molecular complexity index is 735. The Labute approximate surface area is 158 Å². The van der Waals surface area contributed by atoms with Crippen LogP contribution < -0.4 is 20.1 Å². The lowest BCUT2D eigenvalue weighted by molar-refractivity contribution is -0.139. The minimum atomic E-state index is -0.266. The van der Waals surface area contributed by atoms with Crippen LogP contribution >= 0.6 is 12.2 Å². The van der Waals surface area contributed by atoms with E-state index in [9.17, 15) is 4.79 Å². The van der Waals surface area contributed by atoms with Crippen LogP contribution in [0.1, 0.15) is 5.56 Å². The molecule has 2 aromatic rings. The molecule has 0 aliphatic heterocycles. The van der Waals surface area contributed by atoms with Gasteiger partial charge in [-0.3, -0.25) is 4.79 Å². The van der Waals surface area contributed by atoms with Crippen LogP contribution in [0.3, 0.4) is 0 Å². The summed E-state index contributed by atoms with van der Waals surface area (Å²) in [6.07, 6.45) is 0.250. The fourth-order valence-electron chi connectivity index (χ4n) is 2.18. The van der Waals surface area contributed by atoms with Crippen LogP contribution in [0.4, 0.5) is 5.69 Å². The number of hydrogen-bond acceptors (Lipinski definition) is 5. The van der Waals surface area contributed by atoms with Crippen molar-refractivity contribution in [3.8, 4) is 11.5 Å². The van der Waals surface area contributed by atoms with E-state index in [0.29, 0.717) is 29.8 Å². The quantitative estimate of drug-likeness (QED) is 0.418. The molecule has 0 fully saturated rings. The van der Waals surface area contributed by atoms with Crippen LogP contribution in [0.5, 0.6) is 11.5 Å². The number of methoxy groups -OCH3 is 2. The van der Waals surface area contributed by atoms with Gasteiger partial charge in [-0.15, -0.1) is 0 Å². The third-order valence-corrected chi connectivity index (χ3v) is 3.75. The van der Waals surface area contributed by atoms with E-state index >= 15 is 0 Å². The first-order valence-corrected chi connectivity index (χ1v) is 8.49. The molecule has 0 radical (unpaired) electrons. The van der Waals surface area contributed by atoms with Gasteiger partial charge in [0.1, 0.15) is 6.61 Å². The molecule has 0 saturated carbocycles. The van der Waals surface area contributed by atoms with Gasteiger partial charge in [-0.1, -0.05) is 24.3 Å². The van der Waals surface area contributed by atoms with Crippen molar-refractivity contribution in [3.05, 3.63) is 54.1 Å². The summed E-state index contributed by atoms with van der Waals surface area (Å²) >= 11 is 5.26. The maximum atomic E-state index is 11.2. The molecule has 2 N–H and O–H groups in total. The van der Waals surface area contributed by atoms with E-state index in [1.165, 1.54) is 7.11 Å². The number of hydrogen-bond donors (Lipinski definition) is 2. The van der Waals surface area contributed by atoms with E-state index in [4.69, 9.17) is 21.7 Å². The van der Waals surface area contributed by atoms with Gasteiger partial charge in [0.25, 0.3) is 0 Å². The first-order valence-electron chi connectivity index (χ1n) is 8.09. The lowest BCUT2D eigenvalue weighted by Gasteiger charge is -2.13. The minimum absolute atomic E-state index is 0.250. The van der Waals surface area contributed by atoms with Crippen LogP contribution in [0.2, 0.25) is 0 Å². The van der Waals surface area contributed by atoms with E-state index in [1.54, 1.807) is 7.11 Å². The highest BCUT2D eigenvalue weighted by Crippen LogP contribution is 2.25. The van der Waals surface area contributed by atoms with Gasteiger partial charge < -0.3 is 24.8 Å². The van der Waals surface area contributed by atoms with E-state index < -0.39 is 0 Å². The largest absolute Gasteiger partial charge is 0.493 e. The van der Waals surface area contributed by atoms with Gasteiger partial charge in [0.15, 0.2) is 16.6 Å². The maximum absolute atomic E-state index is 11.2. The van der Waals surface area contributed by atoms with Gasteiger partial charge in [0.05, 0.1) is 27.2 Å². The Hall–Kier alpha value is -2.80. The van der Waals surface area contributed by atoms with Gasteiger partial charge >= 0.3 is 5.97 Å². The van der Waals surface area contributed by atoms with Crippen molar-refractivity contribution < 1.29 is 19.0 Å². The van der Waals surface area contributed by atoms with Crippen molar-refractivity contribution in [2.75, 3.05) is 32.7 Å². The Morgan fingerprint density at radius 1 is 1.04 bits per heavy atom. The number of carbonyl (C=O) groups is 1. The number of rotatable bonds is 8. The molecule has 7 heteroatoms. The van der Waals surface area contributed by atoms with Gasteiger partial charge in [0, 0.05) is 5.69 Å². The first-order chi connectivity index (χ1) is 12.6. The smallest absolute Gasteiger partial charge is 0.309 e. The summed E-state index contributed by atoms with van der Waals surface area (Å²) in [5.74, 6) is 1.12. The molecule has 0 heterocycles. The standard InChI is InChI=1S/C19H22N2O4S/c1-23-16-5-3-4-6-17(16)25-12-11-20-19(26)21-15-9-7-14(8-10-15)13-18(22)24-2/h3-10H,11-13H2,1-2H3,(H2,20,21,26). The van der Waals surface area contributed by atoms with Gasteiger partial charge in [-0.05, 0) is 42.0 Å². The van der Waals surface area contributed by atoms with Crippen LogP contribution in [0.15, 0.2) is 48.5 Å². The zero-order valence-electron chi connectivity index (χ0n) is 14.8. The van der Waals surface area contributed by atoms with Crippen LogP contribution in [0, 0.1) is 0 Å². The van der Waals surface area contributed by atoms with Gasteiger partial charge in [-0.25, -0.2) is 0 Å². The van der Waals surface area contributed by atoms with Crippen molar-refractivity contribution in [1.29, 1.82) is 0 Å². The highest BCUT2D eigenvalue weighted by molar-refractivity contribution is 7.80. The molecule has 2 rings (SSSR count). The molecule has 2 aromatic carbocycles. The molecule has 0 aromatic heterocycles. The van der Waals surface area contributed by atoms with Crippen molar-refractivity contribution in [2.45, 2.75) is 6.42 Å². The highest BCUT2D eigenvalue weighted by Gasteiger charge is 2.04. The second-order valence-electron chi connectivity index (χ2n) is 5.33. The molecule has 26 heavy (non-hydrogen) atoms. The molecular formula is C19H22N2O4S. The average Bonchev–Trinajstić information content (AvgIpc) is 2.67. The third kappa shape index (κ3) is 6.25. The Balaban J connectivity index is 1.72. The summed E-state index contributed by atoms with van der Waals surface area (Å²) in [5.41, 5.74) is 1.72. The maximum Gasteiger partial charge on any atom is 0.309 e. The van der Waals surface area contributed by atoms with Crippen LogP contribution in [-0.2, 0) is 16.0 Å². The zero-order valence-corrected chi connectivity index (χ0v) is 15.6. The zero-order chi connectivity index (χ0) is 18.8. The number of nitrogens with one attached hydrogen (secondary N) is 2. The molecule has 6 nitrogen and oxygen atoms in total. The number of para-hydroxylation sites is 2. The van der Waals surface area contributed by atoms with Crippen molar-refractivity contribution in [2.24, 2.45) is 0 Å². The molecule has 0 unspecified atom stereocenters. The summed E-state index contributed by atoms with van der Waals surface area (Å²) in [6, 6.07) is 14.9. The Morgan fingerprint density at radius 3 is 2.38 bits per heavy atom. The normalized spacial score (nSPS) is 9.92. The average molecular weight is 374 g/mol. The van der Waals surface area contributed by atoms with Crippen LogP contribution in [0.25, 0.3) is 0 Å². The number of esters is 1. The number of ether oxygens (including phenoxy) is 3. The molecule has 138 valence electrons. The minimum Gasteiger partial charge on any atom is -0.493 e. The molecule has 0 aliphatic carbocycles. The Kier molecular flexibility index (Phi) is 7.70. The van der Waals surface area contributed by atoms with Gasteiger partial charge in [0.2, 0.25) is 0 Å². The topological polar surface area (TPSA) is 68.8 Å². The molecule has 0 atom stereocenters. The summed E-state index contributed by atoms with van der Waals surface area (Å²) in [4.78, 5) is 11.2. The number of anilines is 1. The summed E-state index contributed by atoms with van der Waals surface area (Å²) in [5, 5.41) is 6.65. The van der Waals surface area contributed by atoms with Crippen molar-refractivity contribution in [3.63, 3.8) is 0 Å². The Morgan fingerprint density at radius 2 is 1.73 bits per heavy atom. The highest BCUT2D eigenvalue weighted by atomic mass is 32.1. The van der Waals surface area contributed by atoms with E-state index in [-0.39, 0.29) is 12.4 Å². The SMILES string of the molecule is COC(=O)Cc1ccc(NC(=S)NCCOc2ccccc2OC)cc1. The molecular weight excluding hydrogens is 352 g/mol. The predicted octanol–water partition coefficient (Wildman–Crippen LogP) is 2.78. The second kappa shape index (κ2) is 10.2. The molecule has 0 amide bonds. The summed E-state index contributed by atoms with van der Waals surface area (Å²) in [6.45, 7) is 0.991.